The van der Waals surface area contributed by atoms with Gasteiger partial charge >= 0.3 is 11.9 Å². The van der Waals surface area contributed by atoms with Crippen LogP contribution in [0.3, 0.4) is 0 Å². The maximum atomic E-state index is 12.6. The molecule has 0 unspecified atom stereocenters. The lowest BCUT2D eigenvalue weighted by molar-refractivity contribution is -0.167. The lowest BCUT2D eigenvalue weighted by atomic mass is 10.3. The Balaban J connectivity index is 4.30. The number of hydrogen-bond donors (Lipinski definition) is 2. The minimum atomic E-state index is -3.86. The molecule has 0 aliphatic rings. The van der Waals surface area contributed by atoms with E-state index in [1.165, 1.54) is 6.92 Å². The topological polar surface area (TPSA) is 83.6 Å². The van der Waals surface area contributed by atoms with Gasteiger partial charge in [-0.2, -0.15) is 8.78 Å². The van der Waals surface area contributed by atoms with E-state index in [-0.39, 0.29) is 13.1 Å². The summed E-state index contributed by atoms with van der Waals surface area (Å²) in [5, 5.41) is 8.13. The molecule has 0 atom stereocenters. The molecule has 0 heterocycles. The molecular formula is C7H12F2N2O3. The van der Waals surface area contributed by atoms with Gasteiger partial charge in [0.1, 0.15) is 0 Å². The number of amides is 1. The van der Waals surface area contributed by atoms with Crippen molar-refractivity contribution in [1.82, 2.24) is 4.90 Å². The van der Waals surface area contributed by atoms with Crippen LogP contribution in [0.1, 0.15) is 6.92 Å². The Bertz CT molecular complexity index is 233. The highest BCUT2D eigenvalue weighted by atomic mass is 19.3. The first-order chi connectivity index (χ1) is 6.29. The maximum Gasteiger partial charge on any atom is 0.375 e. The van der Waals surface area contributed by atoms with E-state index in [1.54, 1.807) is 0 Å². The number of nitrogens with two attached hydrogens (primary N) is 1. The molecule has 82 valence electrons. The van der Waals surface area contributed by atoms with Gasteiger partial charge in [0.05, 0.1) is 13.1 Å². The third-order valence-corrected chi connectivity index (χ3v) is 1.56. The molecule has 7 heteroatoms. The van der Waals surface area contributed by atoms with Crippen molar-refractivity contribution in [2.24, 2.45) is 5.73 Å². The number of likely N-dealkylation sites (N-methyl/N-ethyl adjacent to an activating group) is 1. The quantitative estimate of drug-likeness (QED) is 0.619. The zero-order valence-corrected chi connectivity index (χ0v) is 7.67. The molecule has 1 amide bonds. The molecule has 0 rings (SSSR count). The van der Waals surface area contributed by atoms with Crippen LogP contribution in [0.15, 0.2) is 0 Å². The molecule has 0 fully saturated rings. The van der Waals surface area contributed by atoms with Gasteiger partial charge in [0.2, 0.25) is 5.91 Å². The Hall–Kier alpha value is -1.24. The number of alkyl halides is 2. The van der Waals surface area contributed by atoms with E-state index in [9.17, 15) is 18.4 Å². The number of halogens is 2. The van der Waals surface area contributed by atoms with Gasteiger partial charge in [-0.1, -0.05) is 6.92 Å². The Kier molecular flexibility index (Phi) is 4.42. The zero-order chi connectivity index (χ0) is 11.4. The van der Waals surface area contributed by atoms with Gasteiger partial charge in [-0.15, -0.1) is 0 Å². The van der Waals surface area contributed by atoms with Gasteiger partial charge in [-0.25, -0.2) is 4.79 Å². The molecule has 3 N–H and O–H groups in total. The molecule has 14 heavy (non-hydrogen) atoms. The summed E-state index contributed by atoms with van der Waals surface area (Å²) >= 11 is 0. The Morgan fingerprint density at radius 3 is 2.29 bits per heavy atom. The SMILES string of the molecule is CCN(CC(N)=O)CC(F)(F)C(=O)O. The van der Waals surface area contributed by atoms with Crippen molar-refractivity contribution in [3.05, 3.63) is 0 Å². The predicted molar refractivity (Wildman–Crippen MR) is 43.9 cm³/mol. The molecule has 0 aliphatic carbocycles. The fraction of sp³-hybridized carbons (Fsp3) is 0.714. The van der Waals surface area contributed by atoms with Crippen molar-refractivity contribution < 1.29 is 23.5 Å². The summed E-state index contributed by atoms with van der Waals surface area (Å²) in [6, 6.07) is 0. The predicted octanol–water partition coefficient (Wildman–Crippen LogP) is -0.486. The van der Waals surface area contributed by atoms with Crippen LogP contribution >= 0.6 is 0 Å². The Morgan fingerprint density at radius 1 is 1.50 bits per heavy atom. The van der Waals surface area contributed by atoms with Crippen LogP contribution in [0, 0.1) is 0 Å². The molecule has 5 nitrogen and oxygen atoms in total. The van der Waals surface area contributed by atoms with Crippen molar-refractivity contribution in [1.29, 1.82) is 0 Å². The molecule has 0 aliphatic heterocycles. The smallest absolute Gasteiger partial charge is 0.375 e. The molecule has 0 saturated heterocycles. The third-order valence-electron chi connectivity index (χ3n) is 1.56. The third kappa shape index (κ3) is 4.13. The van der Waals surface area contributed by atoms with Crippen molar-refractivity contribution in [2.75, 3.05) is 19.6 Å². The zero-order valence-electron chi connectivity index (χ0n) is 7.67. The van der Waals surface area contributed by atoms with Crippen molar-refractivity contribution in [2.45, 2.75) is 12.8 Å². The lowest BCUT2D eigenvalue weighted by Crippen LogP contribution is -2.45. The Labute approximate surface area is 79.5 Å². The molecular weight excluding hydrogens is 198 g/mol. The summed E-state index contributed by atoms with van der Waals surface area (Å²) in [7, 11) is 0. The van der Waals surface area contributed by atoms with E-state index in [0.717, 1.165) is 4.90 Å². The monoisotopic (exact) mass is 210 g/mol. The largest absolute Gasteiger partial charge is 0.477 e. The molecule has 0 aromatic carbocycles. The number of carbonyl (C=O) groups is 2. The van der Waals surface area contributed by atoms with Gasteiger partial charge in [0.25, 0.3) is 0 Å². The first-order valence-electron chi connectivity index (χ1n) is 3.91. The summed E-state index contributed by atoms with van der Waals surface area (Å²) in [5.74, 6) is -6.83. The highest BCUT2D eigenvalue weighted by molar-refractivity contribution is 5.77. The molecule has 0 spiro atoms. The van der Waals surface area contributed by atoms with Crippen LogP contribution in [0.2, 0.25) is 0 Å². The number of aliphatic carboxylic acids is 1. The number of carbonyl (C=O) groups excluding carboxylic acids is 1. The van der Waals surface area contributed by atoms with Crippen LogP contribution in [0.4, 0.5) is 8.78 Å². The summed E-state index contributed by atoms with van der Waals surface area (Å²) in [6.45, 7) is 0.272. The van der Waals surface area contributed by atoms with Crippen LogP contribution in [0.25, 0.3) is 0 Å². The second kappa shape index (κ2) is 4.85. The number of carboxylic acid groups (broad SMARTS) is 1. The minimum Gasteiger partial charge on any atom is -0.477 e. The number of nitrogens with zero attached hydrogens (tertiary/aromatic N) is 1. The molecule has 0 saturated carbocycles. The Morgan fingerprint density at radius 2 is 2.00 bits per heavy atom. The number of carboxylic acids is 1. The summed E-state index contributed by atoms with van der Waals surface area (Å²) in [5.41, 5.74) is 4.79. The fourth-order valence-corrected chi connectivity index (χ4v) is 0.848. The van der Waals surface area contributed by atoms with Gasteiger partial charge in [0.15, 0.2) is 0 Å². The summed E-state index contributed by atoms with van der Waals surface area (Å²) < 4.78 is 25.3. The number of hydrogen-bond acceptors (Lipinski definition) is 3. The second-order valence-corrected chi connectivity index (χ2v) is 2.78. The fourth-order valence-electron chi connectivity index (χ4n) is 0.848. The summed E-state index contributed by atoms with van der Waals surface area (Å²) in [4.78, 5) is 21.4. The van der Waals surface area contributed by atoms with E-state index >= 15 is 0 Å². The molecule has 0 radical (unpaired) electrons. The standard InChI is InChI=1S/C7H12F2N2O3/c1-2-11(3-5(10)12)4-7(8,9)6(13)14/h2-4H2,1H3,(H2,10,12)(H,13,14). The van der Waals surface area contributed by atoms with E-state index in [0.29, 0.717) is 0 Å². The van der Waals surface area contributed by atoms with E-state index in [4.69, 9.17) is 10.8 Å². The average molecular weight is 210 g/mol. The van der Waals surface area contributed by atoms with Crippen LogP contribution in [-0.4, -0.2) is 47.4 Å². The second-order valence-electron chi connectivity index (χ2n) is 2.78. The van der Waals surface area contributed by atoms with Gasteiger partial charge < -0.3 is 10.8 Å². The highest BCUT2D eigenvalue weighted by Crippen LogP contribution is 2.15. The van der Waals surface area contributed by atoms with E-state index < -0.39 is 24.3 Å². The van der Waals surface area contributed by atoms with Gasteiger partial charge in [0, 0.05) is 0 Å². The number of primary amides is 1. The van der Waals surface area contributed by atoms with Gasteiger partial charge in [-0.05, 0) is 6.54 Å². The minimum absolute atomic E-state index is 0.131. The van der Waals surface area contributed by atoms with Gasteiger partial charge in [-0.3, -0.25) is 9.69 Å². The van der Waals surface area contributed by atoms with Crippen LogP contribution in [0.5, 0.6) is 0 Å². The van der Waals surface area contributed by atoms with E-state index in [2.05, 4.69) is 0 Å². The number of rotatable bonds is 6. The van der Waals surface area contributed by atoms with Crippen LogP contribution < -0.4 is 5.73 Å². The highest BCUT2D eigenvalue weighted by Gasteiger charge is 2.40. The average Bonchev–Trinajstić information content (AvgIpc) is 2.01. The van der Waals surface area contributed by atoms with Crippen molar-refractivity contribution >= 4 is 11.9 Å². The van der Waals surface area contributed by atoms with E-state index in [1.807, 2.05) is 0 Å². The summed E-state index contributed by atoms with van der Waals surface area (Å²) in [6.07, 6.45) is 0. The normalized spacial score (nSPS) is 11.7. The van der Waals surface area contributed by atoms with Crippen molar-refractivity contribution in [3.63, 3.8) is 0 Å². The maximum absolute atomic E-state index is 12.6. The first-order valence-corrected chi connectivity index (χ1v) is 3.91. The lowest BCUT2D eigenvalue weighted by Gasteiger charge is -2.22. The van der Waals surface area contributed by atoms with Crippen LogP contribution in [-0.2, 0) is 9.59 Å². The first kappa shape index (κ1) is 12.8. The molecule has 0 bridgehead atoms. The van der Waals surface area contributed by atoms with Crippen molar-refractivity contribution in [3.8, 4) is 0 Å². The molecule has 0 aromatic heterocycles. The molecule has 0 aromatic rings.